The van der Waals surface area contributed by atoms with Gasteiger partial charge in [0.05, 0.1) is 10.7 Å². The minimum Gasteiger partial charge on any atom is -0.398 e. The van der Waals surface area contributed by atoms with Gasteiger partial charge in [-0.2, -0.15) is 0 Å². The molecule has 4 heteroatoms. The summed E-state index contributed by atoms with van der Waals surface area (Å²) in [7, 11) is 0. The zero-order chi connectivity index (χ0) is 13.2. The van der Waals surface area contributed by atoms with Crippen molar-refractivity contribution < 1.29 is 4.79 Å². The summed E-state index contributed by atoms with van der Waals surface area (Å²) in [4.78, 5) is 11.8. The predicted molar refractivity (Wildman–Crippen MR) is 73.3 cm³/mol. The Labute approximate surface area is 107 Å². The molecule has 0 aliphatic rings. The van der Waals surface area contributed by atoms with Gasteiger partial charge in [0.15, 0.2) is 0 Å². The first-order valence-corrected chi connectivity index (χ1v) is 5.92. The van der Waals surface area contributed by atoms with E-state index < -0.39 is 0 Å². The molecule has 0 aromatic heterocycles. The van der Waals surface area contributed by atoms with Crippen molar-refractivity contribution in [2.24, 2.45) is 5.41 Å². The molecule has 1 amide bonds. The van der Waals surface area contributed by atoms with Crippen LogP contribution in [-0.2, 0) is 4.79 Å². The van der Waals surface area contributed by atoms with Crippen molar-refractivity contribution in [1.82, 2.24) is 0 Å². The highest BCUT2D eigenvalue weighted by atomic mass is 35.5. The quantitative estimate of drug-likeness (QED) is 0.793. The average molecular weight is 255 g/mol. The van der Waals surface area contributed by atoms with Gasteiger partial charge in [-0.3, -0.25) is 4.79 Å². The molecule has 0 saturated heterocycles. The smallest absolute Gasteiger partial charge is 0.224 e. The number of hydrogen-bond acceptors (Lipinski definition) is 2. The number of anilines is 2. The molecule has 0 saturated carbocycles. The van der Waals surface area contributed by atoms with Crippen LogP contribution in [0.5, 0.6) is 0 Å². The zero-order valence-corrected chi connectivity index (χ0v) is 11.5. The lowest BCUT2D eigenvalue weighted by Crippen LogP contribution is -2.20. The molecule has 0 aliphatic heterocycles. The number of hydrogen-bond donors (Lipinski definition) is 2. The van der Waals surface area contributed by atoms with Crippen LogP contribution in [0, 0.1) is 12.3 Å². The monoisotopic (exact) mass is 254 g/mol. The third-order valence-electron chi connectivity index (χ3n) is 2.31. The molecular weight excluding hydrogens is 236 g/mol. The number of nitrogen functional groups attached to an aromatic ring is 1. The van der Waals surface area contributed by atoms with E-state index >= 15 is 0 Å². The van der Waals surface area contributed by atoms with E-state index in [4.69, 9.17) is 17.3 Å². The molecule has 0 radical (unpaired) electrons. The summed E-state index contributed by atoms with van der Waals surface area (Å²) in [5.74, 6) is -0.0126. The molecule has 94 valence electrons. The lowest BCUT2D eigenvalue weighted by atomic mass is 9.92. The molecular formula is C13H19ClN2O. The maximum Gasteiger partial charge on any atom is 0.224 e. The number of rotatable bonds is 2. The highest BCUT2D eigenvalue weighted by molar-refractivity contribution is 6.33. The fourth-order valence-electron chi connectivity index (χ4n) is 1.51. The van der Waals surface area contributed by atoms with Crippen LogP contribution in [0.4, 0.5) is 11.4 Å². The van der Waals surface area contributed by atoms with E-state index in [-0.39, 0.29) is 11.3 Å². The second-order valence-electron chi connectivity index (χ2n) is 5.47. The maximum atomic E-state index is 11.8. The van der Waals surface area contributed by atoms with Crippen molar-refractivity contribution in [2.75, 3.05) is 11.1 Å². The van der Waals surface area contributed by atoms with Crippen molar-refractivity contribution in [2.45, 2.75) is 34.1 Å². The van der Waals surface area contributed by atoms with Crippen LogP contribution in [-0.4, -0.2) is 5.91 Å². The first-order valence-electron chi connectivity index (χ1n) is 5.54. The lowest BCUT2D eigenvalue weighted by Gasteiger charge is -2.18. The maximum absolute atomic E-state index is 11.8. The topological polar surface area (TPSA) is 55.1 Å². The number of carbonyl (C=O) groups is 1. The predicted octanol–water partition coefficient (Wildman–Crippen LogP) is 3.61. The Hall–Kier alpha value is -1.22. The van der Waals surface area contributed by atoms with Crippen molar-refractivity contribution in [3.8, 4) is 0 Å². The Bertz CT molecular complexity index is 436. The molecule has 0 aliphatic carbocycles. The fourth-order valence-corrected chi connectivity index (χ4v) is 1.68. The van der Waals surface area contributed by atoms with Gasteiger partial charge in [-0.05, 0) is 30.0 Å². The van der Waals surface area contributed by atoms with Gasteiger partial charge in [-0.1, -0.05) is 32.4 Å². The number of halogens is 1. The van der Waals surface area contributed by atoms with Gasteiger partial charge in [0.2, 0.25) is 5.91 Å². The van der Waals surface area contributed by atoms with Crippen LogP contribution < -0.4 is 11.1 Å². The molecule has 0 bridgehead atoms. The summed E-state index contributed by atoms with van der Waals surface area (Å²) in [5, 5.41) is 3.32. The van der Waals surface area contributed by atoms with Crippen molar-refractivity contribution in [1.29, 1.82) is 0 Å². The number of nitrogens with two attached hydrogens (primary N) is 1. The van der Waals surface area contributed by atoms with Gasteiger partial charge in [0.25, 0.3) is 0 Å². The number of carbonyl (C=O) groups excluding carboxylic acids is 1. The van der Waals surface area contributed by atoms with Crippen LogP contribution in [0.1, 0.15) is 32.8 Å². The number of aryl methyl sites for hydroxylation is 1. The molecule has 0 spiro atoms. The SMILES string of the molecule is Cc1cc(N)c(Cl)cc1NC(=O)CC(C)(C)C. The summed E-state index contributed by atoms with van der Waals surface area (Å²) in [5.41, 5.74) is 7.80. The third-order valence-corrected chi connectivity index (χ3v) is 2.64. The van der Waals surface area contributed by atoms with E-state index in [0.29, 0.717) is 17.1 Å². The van der Waals surface area contributed by atoms with Crippen molar-refractivity contribution >= 4 is 28.9 Å². The normalized spacial score (nSPS) is 11.4. The Morgan fingerprint density at radius 2 is 2.00 bits per heavy atom. The fraction of sp³-hybridized carbons (Fsp3) is 0.462. The Balaban J connectivity index is 2.82. The molecule has 1 aromatic rings. The molecule has 1 rings (SSSR count). The second kappa shape index (κ2) is 4.96. The molecule has 3 N–H and O–H groups in total. The van der Waals surface area contributed by atoms with Crippen molar-refractivity contribution in [3.05, 3.63) is 22.7 Å². The Morgan fingerprint density at radius 3 is 2.53 bits per heavy atom. The summed E-state index contributed by atoms with van der Waals surface area (Å²) in [6, 6.07) is 3.45. The number of nitrogens with one attached hydrogen (secondary N) is 1. The molecule has 3 nitrogen and oxygen atoms in total. The molecule has 1 aromatic carbocycles. The number of amides is 1. The zero-order valence-electron chi connectivity index (χ0n) is 10.7. The van der Waals surface area contributed by atoms with Crippen LogP contribution in [0.25, 0.3) is 0 Å². The van der Waals surface area contributed by atoms with Crippen molar-refractivity contribution in [3.63, 3.8) is 0 Å². The largest absolute Gasteiger partial charge is 0.398 e. The molecule has 0 heterocycles. The summed E-state index contributed by atoms with van der Waals surface area (Å²) in [6.07, 6.45) is 0.467. The summed E-state index contributed by atoms with van der Waals surface area (Å²) < 4.78 is 0. The average Bonchev–Trinajstić information content (AvgIpc) is 2.11. The third kappa shape index (κ3) is 4.27. The van der Waals surface area contributed by atoms with Gasteiger partial charge in [0, 0.05) is 12.1 Å². The van der Waals surface area contributed by atoms with E-state index in [9.17, 15) is 4.79 Å². The number of benzene rings is 1. The first-order chi connectivity index (χ1) is 7.69. The van der Waals surface area contributed by atoms with Gasteiger partial charge >= 0.3 is 0 Å². The highest BCUT2D eigenvalue weighted by Crippen LogP contribution is 2.27. The van der Waals surface area contributed by atoms with E-state index in [1.165, 1.54) is 0 Å². The Kier molecular flexibility index (Phi) is 4.04. The Morgan fingerprint density at radius 1 is 1.41 bits per heavy atom. The van der Waals surface area contributed by atoms with Crippen LogP contribution >= 0.6 is 11.6 Å². The van der Waals surface area contributed by atoms with E-state index in [1.807, 2.05) is 27.7 Å². The van der Waals surface area contributed by atoms with E-state index in [1.54, 1.807) is 12.1 Å². The summed E-state index contributed by atoms with van der Waals surface area (Å²) in [6.45, 7) is 7.96. The second-order valence-corrected chi connectivity index (χ2v) is 5.88. The first kappa shape index (κ1) is 13.8. The minimum absolute atomic E-state index is 0.0126. The standard InChI is InChI=1S/C13H19ClN2O/c1-8-5-10(15)9(14)6-11(8)16-12(17)7-13(2,3)4/h5-6H,7,15H2,1-4H3,(H,16,17). The lowest BCUT2D eigenvalue weighted by molar-refractivity contribution is -0.117. The van der Waals surface area contributed by atoms with Crippen LogP contribution in [0.2, 0.25) is 5.02 Å². The van der Waals surface area contributed by atoms with Crippen LogP contribution in [0.15, 0.2) is 12.1 Å². The van der Waals surface area contributed by atoms with Gasteiger partial charge < -0.3 is 11.1 Å². The van der Waals surface area contributed by atoms with Gasteiger partial charge in [-0.15, -0.1) is 0 Å². The summed E-state index contributed by atoms with van der Waals surface area (Å²) >= 11 is 5.93. The highest BCUT2D eigenvalue weighted by Gasteiger charge is 2.16. The molecule has 0 atom stereocenters. The molecule has 0 unspecified atom stereocenters. The molecule has 17 heavy (non-hydrogen) atoms. The van der Waals surface area contributed by atoms with Gasteiger partial charge in [0.1, 0.15) is 0 Å². The minimum atomic E-state index is -0.0322. The molecule has 0 fully saturated rings. The van der Waals surface area contributed by atoms with Crippen LogP contribution in [0.3, 0.4) is 0 Å². The van der Waals surface area contributed by atoms with Gasteiger partial charge in [-0.25, -0.2) is 0 Å². The van der Waals surface area contributed by atoms with E-state index in [0.717, 1.165) is 11.3 Å². The van der Waals surface area contributed by atoms with E-state index in [2.05, 4.69) is 5.32 Å².